The predicted octanol–water partition coefficient (Wildman–Crippen LogP) is 2.97. The van der Waals surface area contributed by atoms with Crippen molar-refractivity contribution in [2.75, 3.05) is 0 Å². The number of aliphatic carboxylic acids is 1. The highest BCUT2D eigenvalue weighted by Crippen LogP contribution is 2.41. The molecule has 2 aromatic rings. The van der Waals surface area contributed by atoms with Crippen molar-refractivity contribution in [3.63, 3.8) is 0 Å². The average Bonchev–Trinajstić information content (AvgIpc) is 3.34. The maximum atomic E-state index is 12.9. The molecule has 1 atom stereocenters. The van der Waals surface area contributed by atoms with Crippen LogP contribution in [0.25, 0.3) is 11.0 Å². The van der Waals surface area contributed by atoms with E-state index in [2.05, 4.69) is 10.4 Å². The van der Waals surface area contributed by atoms with Crippen molar-refractivity contribution in [3.05, 3.63) is 23.0 Å². The number of nitrogens with zero attached hydrogens (tertiary/aromatic N) is 3. The van der Waals surface area contributed by atoms with E-state index in [-0.39, 0.29) is 11.4 Å². The summed E-state index contributed by atoms with van der Waals surface area (Å²) in [6, 6.07) is 0.902. The molecule has 1 saturated carbocycles. The van der Waals surface area contributed by atoms with Gasteiger partial charge in [-0.2, -0.15) is 5.10 Å². The first-order valence-electron chi connectivity index (χ1n) is 9.08. The van der Waals surface area contributed by atoms with Crippen LogP contribution in [0.5, 0.6) is 0 Å². The number of amides is 1. The van der Waals surface area contributed by atoms with Gasteiger partial charge in [-0.25, -0.2) is 14.5 Å². The third-order valence-electron chi connectivity index (χ3n) is 4.72. The van der Waals surface area contributed by atoms with Gasteiger partial charge in [0.25, 0.3) is 5.91 Å². The number of carboxylic acids is 1. The van der Waals surface area contributed by atoms with Crippen molar-refractivity contribution < 1.29 is 14.7 Å². The first-order chi connectivity index (χ1) is 12.1. The lowest BCUT2D eigenvalue weighted by atomic mass is 10.1. The maximum Gasteiger partial charge on any atom is 0.326 e. The van der Waals surface area contributed by atoms with Gasteiger partial charge in [0.1, 0.15) is 6.04 Å². The van der Waals surface area contributed by atoms with Crippen LogP contribution in [0.15, 0.2) is 6.07 Å². The van der Waals surface area contributed by atoms with Crippen LogP contribution < -0.4 is 5.32 Å². The minimum absolute atomic E-state index is 0.275. The minimum atomic E-state index is -1.03. The molecule has 1 aliphatic rings. The van der Waals surface area contributed by atoms with Gasteiger partial charge in [-0.3, -0.25) is 4.79 Å². The Morgan fingerprint density at radius 1 is 1.38 bits per heavy atom. The van der Waals surface area contributed by atoms with Crippen LogP contribution in [-0.2, 0) is 10.3 Å². The summed E-state index contributed by atoms with van der Waals surface area (Å²) in [5.74, 6) is -1.04. The van der Waals surface area contributed by atoms with E-state index < -0.39 is 12.0 Å². The van der Waals surface area contributed by atoms with Crippen LogP contribution in [0, 0.1) is 6.92 Å². The highest BCUT2D eigenvalue weighted by molar-refractivity contribution is 6.07. The van der Waals surface area contributed by atoms with E-state index in [9.17, 15) is 14.7 Å². The number of rotatable bonds is 5. The van der Waals surface area contributed by atoms with E-state index in [0.29, 0.717) is 28.9 Å². The number of fused-ring (bicyclic) bond motifs is 1. The Bertz CT molecular complexity index is 875. The molecule has 3 rings (SSSR count). The lowest BCUT2D eigenvalue weighted by Gasteiger charge is -2.20. The molecule has 0 bridgehead atoms. The van der Waals surface area contributed by atoms with E-state index in [4.69, 9.17) is 4.98 Å². The molecule has 0 aromatic carbocycles. The number of pyridine rings is 1. The van der Waals surface area contributed by atoms with Gasteiger partial charge < -0.3 is 10.4 Å². The van der Waals surface area contributed by atoms with Crippen molar-refractivity contribution in [3.8, 4) is 0 Å². The smallest absolute Gasteiger partial charge is 0.326 e. The molecule has 1 fully saturated rings. The number of carbonyl (C=O) groups excluding carboxylic acids is 1. The topological polar surface area (TPSA) is 97.1 Å². The summed E-state index contributed by atoms with van der Waals surface area (Å²) in [6.07, 6.45) is 2.45. The van der Waals surface area contributed by atoms with Crippen molar-refractivity contribution >= 4 is 22.9 Å². The summed E-state index contributed by atoms with van der Waals surface area (Å²) >= 11 is 0. The van der Waals surface area contributed by atoms with Gasteiger partial charge in [-0.05, 0) is 53.0 Å². The van der Waals surface area contributed by atoms with E-state index in [1.54, 1.807) is 6.92 Å². The van der Waals surface area contributed by atoms with E-state index in [1.807, 2.05) is 38.4 Å². The summed E-state index contributed by atoms with van der Waals surface area (Å²) in [5, 5.41) is 17.2. The molecule has 1 amide bonds. The fourth-order valence-electron chi connectivity index (χ4n) is 3.12. The Labute approximate surface area is 152 Å². The molecule has 2 aromatic heterocycles. The Balaban J connectivity index is 2.16. The lowest BCUT2D eigenvalue weighted by Crippen LogP contribution is -2.40. The highest BCUT2D eigenvalue weighted by Gasteiger charge is 2.31. The third-order valence-corrected chi connectivity index (χ3v) is 4.72. The quantitative estimate of drug-likeness (QED) is 0.856. The molecule has 1 aliphatic carbocycles. The first-order valence-corrected chi connectivity index (χ1v) is 9.08. The number of carbonyl (C=O) groups is 2. The first kappa shape index (κ1) is 18.4. The van der Waals surface area contributed by atoms with Crippen molar-refractivity contribution in [2.45, 2.75) is 71.4 Å². The Kier molecular flexibility index (Phi) is 4.50. The molecule has 140 valence electrons. The molecule has 1 unspecified atom stereocenters. The Hall–Kier alpha value is -2.44. The van der Waals surface area contributed by atoms with Crippen LogP contribution in [-0.4, -0.2) is 37.8 Å². The molecule has 2 N–H and O–H groups in total. The molecule has 2 heterocycles. The van der Waals surface area contributed by atoms with Gasteiger partial charge >= 0.3 is 5.97 Å². The molecule has 0 aliphatic heterocycles. The molecule has 0 saturated heterocycles. The zero-order valence-electron chi connectivity index (χ0n) is 16.0. The average molecular weight is 358 g/mol. The lowest BCUT2D eigenvalue weighted by molar-refractivity contribution is -0.139. The second-order valence-electron chi connectivity index (χ2n) is 8.01. The van der Waals surface area contributed by atoms with Crippen molar-refractivity contribution in [1.82, 2.24) is 20.1 Å². The zero-order valence-corrected chi connectivity index (χ0v) is 16.0. The second kappa shape index (κ2) is 6.37. The molecular weight excluding hydrogens is 332 g/mol. The number of aromatic nitrogens is 3. The largest absolute Gasteiger partial charge is 0.480 e. The van der Waals surface area contributed by atoms with Gasteiger partial charge in [-0.1, -0.05) is 6.92 Å². The van der Waals surface area contributed by atoms with E-state index >= 15 is 0 Å². The Morgan fingerprint density at radius 2 is 2.04 bits per heavy atom. The van der Waals surface area contributed by atoms with Gasteiger partial charge in [0.2, 0.25) is 0 Å². The van der Waals surface area contributed by atoms with Gasteiger partial charge in [0.05, 0.1) is 22.2 Å². The van der Waals surface area contributed by atoms with E-state index in [0.717, 1.165) is 24.2 Å². The van der Waals surface area contributed by atoms with Gasteiger partial charge in [-0.15, -0.1) is 0 Å². The third kappa shape index (κ3) is 3.30. The standard InChI is InChI=1S/C19H26N4O3/c1-6-13(18(25)26)21-17(24)12-9-14(11-7-8-11)20-16-15(12)10(2)22-23(16)19(3,4)5/h9,11,13H,6-8H2,1-5H3,(H,21,24)(H,25,26). The fraction of sp³-hybridized carbons (Fsp3) is 0.579. The molecular formula is C19H26N4O3. The number of aryl methyl sites for hydroxylation is 1. The van der Waals surface area contributed by atoms with Gasteiger partial charge in [0, 0.05) is 11.6 Å². The number of hydrogen-bond donors (Lipinski definition) is 2. The predicted molar refractivity (Wildman–Crippen MR) is 98.4 cm³/mol. The molecule has 7 nitrogen and oxygen atoms in total. The normalized spacial score (nSPS) is 15.9. The summed E-state index contributed by atoms with van der Waals surface area (Å²) in [5.41, 5.74) is 2.48. The van der Waals surface area contributed by atoms with Crippen LogP contribution in [0.1, 0.15) is 74.6 Å². The van der Waals surface area contributed by atoms with Crippen molar-refractivity contribution in [2.24, 2.45) is 0 Å². The fourth-order valence-corrected chi connectivity index (χ4v) is 3.12. The second-order valence-corrected chi connectivity index (χ2v) is 8.01. The summed E-state index contributed by atoms with van der Waals surface area (Å²) in [6.45, 7) is 9.72. The molecule has 0 radical (unpaired) electrons. The maximum absolute atomic E-state index is 12.9. The molecule has 0 spiro atoms. The minimum Gasteiger partial charge on any atom is -0.480 e. The zero-order chi connectivity index (χ0) is 19.2. The molecule has 7 heteroatoms. The number of hydrogen-bond acceptors (Lipinski definition) is 4. The summed E-state index contributed by atoms with van der Waals surface area (Å²) in [4.78, 5) is 29.0. The Morgan fingerprint density at radius 3 is 2.54 bits per heavy atom. The van der Waals surface area contributed by atoms with E-state index in [1.165, 1.54) is 0 Å². The molecule has 26 heavy (non-hydrogen) atoms. The van der Waals surface area contributed by atoms with Crippen LogP contribution in [0.3, 0.4) is 0 Å². The summed E-state index contributed by atoms with van der Waals surface area (Å²) in [7, 11) is 0. The summed E-state index contributed by atoms with van der Waals surface area (Å²) < 4.78 is 1.86. The van der Waals surface area contributed by atoms with Gasteiger partial charge in [0.15, 0.2) is 5.65 Å². The monoisotopic (exact) mass is 358 g/mol. The van der Waals surface area contributed by atoms with Crippen LogP contribution in [0.4, 0.5) is 0 Å². The number of carboxylic acid groups (broad SMARTS) is 1. The van der Waals surface area contributed by atoms with Crippen LogP contribution in [0.2, 0.25) is 0 Å². The highest BCUT2D eigenvalue weighted by atomic mass is 16.4. The van der Waals surface area contributed by atoms with Crippen LogP contribution >= 0.6 is 0 Å². The van der Waals surface area contributed by atoms with Crippen molar-refractivity contribution in [1.29, 1.82) is 0 Å². The number of nitrogens with one attached hydrogen (secondary N) is 1. The SMILES string of the molecule is CCC(NC(=O)c1cc(C2CC2)nc2c1c(C)nn2C(C)(C)C)C(=O)O.